The summed E-state index contributed by atoms with van der Waals surface area (Å²) < 4.78 is 27.6. The van der Waals surface area contributed by atoms with Crippen molar-refractivity contribution in [3.05, 3.63) is 70.6 Å². The Morgan fingerprint density at radius 1 is 0.955 bits per heavy atom. The monoisotopic (exact) mass is 317 g/mol. The van der Waals surface area contributed by atoms with Crippen LogP contribution in [0.3, 0.4) is 0 Å². The molecule has 0 aliphatic carbocycles. The number of hydrogen-bond acceptors (Lipinski definition) is 2. The molecule has 1 heterocycles. The molecule has 2 atom stereocenters. The largest absolute Gasteiger partial charge is 0.304 e. The Balaban J connectivity index is 1.81. The van der Waals surface area contributed by atoms with Gasteiger partial charge in [-0.15, -0.1) is 11.3 Å². The van der Waals surface area contributed by atoms with Crippen molar-refractivity contribution in [3.63, 3.8) is 0 Å². The van der Waals surface area contributed by atoms with E-state index in [9.17, 15) is 8.78 Å². The summed E-state index contributed by atoms with van der Waals surface area (Å²) in [5.41, 5.74) is 1.97. The maximum absolute atomic E-state index is 13.4. The summed E-state index contributed by atoms with van der Waals surface area (Å²) in [6.07, 6.45) is 0. The molecule has 3 aromatic rings. The molecule has 0 aliphatic heterocycles. The highest BCUT2D eigenvalue weighted by Crippen LogP contribution is 2.31. The lowest BCUT2D eigenvalue weighted by Crippen LogP contribution is -2.22. The molecule has 1 aromatic heterocycles. The van der Waals surface area contributed by atoms with Crippen molar-refractivity contribution in [1.82, 2.24) is 5.32 Å². The predicted octanol–water partition coefficient (Wildman–Crippen LogP) is 5.59. The first kappa shape index (κ1) is 15.1. The molecule has 4 heteroatoms. The van der Waals surface area contributed by atoms with Crippen LogP contribution in [-0.2, 0) is 0 Å². The van der Waals surface area contributed by atoms with E-state index >= 15 is 0 Å². The molecule has 1 N–H and O–H groups in total. The van der Waals surface area contributed by atoms with Crippen LogP contribution in [0.4, 0.5) is 8.78 Å². The Hall–Kier alpha value is -1.78. The number of rotatable bonds is 4. The summed E-state index contributed by atoms with van der Waals surface area (Å²) in [5.74, 6) is -1.62. The lowest BCUT2D eigenvalue weighted by Gasteiger charge is -2.20. The Morgan fingerprint density at radius 2 is 1.73 bits per heavy atom. The van der Waals surface area contributed by atoms with Crippen LogP contribution in [0.1, 0.15) is 37.1 Å². The van der Waals surface area contributed by atoms with E-state index in [1.807, 2.05) is 19.1 Å². The predicted molar refractivity (Wildman–Crippen MR) is 88.1 cm³/mol. The Morgan fingerprint density at radius 3 is 2.50 bits per heavy atom. The third kappa shape index (κ3) is 2.89. The maximum Gasteiger partial charge on any atom is 0.159 e. The molecule has 0 fully saturated rings. The molecule has 0 saturated heterocycles. The van der Waals surface area contributed by atoms with Gasteiger partial charge in [0.15, 0.2) is 11.6 Å². The molecule has 2 aromatic carbocycles. The van der Waals surface area contributed by atoms with Crippen LogP contribution >= 0.6 is 11.3 Å². The van der Waals surface area contributed by atoms with E-state index in [1.165, 1.54) is 27.8 Å². The SMILES string of the molecule is CC(N[C@H](C)c1csc2ccccc12)c1ccc(F)c(F)c1. The van der Waals surface area contributed by atoms with Crippen molar-refractivity contribution < 1.29 is 8.78 Å². The van der Waals surface area contributed by atoms with E-state index in [0.29, 0.717) is 0 Å². The first-order chi connectivity index (χ1) is 10.6. The minimum atomic E-state index is -0.812. The molecule has 0 radical (unpaired) electrons. The summed E-state index contributed by atoms with van der Waals surface area (Å²) in [4.78, 5) is 0. The molecule has 0 aliphatic rings. The van der Waals surface area contributed by atoms with E-state index in [1.54, 1.807) is 17.4 Å². The third-order valence-electron chi connectivity index (χ3n) is 3.92. The second-order valence-corrected chi connectivity index (χ2v) is 6.38. The quantitative estimate of drug-likeness (QED) is 0.661. The van der Waals surface area contributed by atoms with Gasteiger partial charge in [0.2, 0.25) is 0 Å². The molecule has 0 amide bonds. The number of benzene rings is 2. The average molecular weight is 317 g/mol. The van der Waals surface area contributed by atoms with Crippen LogP contribution in [0.2, 0.25) is 0 Å². The molecule has 3 rings (SSSR count). The second-order valence-electron chi connectivity index (χ2n) is 5.47. The van der Waals surface area contributed by atoms with Gasteiger partial charge in [-0.3, -0.25) is 0 Å². The Labute approximate surface area is 132 Å². The fraction of sp³-hybridized carbons (Fsp3) is 0.222. The van der Waals surface area contributed by atoms with E-state index in [2.05, 4.69) is 29.8 Å². The molecule has 1 unspecified atom stereocenters. The van der Waals surface area contributed by atoms with Gasteiger partial charge in [0.25, 0.3) is 0 Å². The topological polar surface area (TPSA) is 12.0 Å². The van der Waals surface area contributed by atoms with E-state index < -0.39 is 11.6 Å². The number of hydrogen-bond donors (Lipinski definition) is 1. The molecule has 0 spiro atoms. The average Bonchev–Trinajstić information content (AvgIpc) is 2.94. The van der Waals surface area contributed by atoms with Crippen molar-refractivity contribution in [2.24, 2.45) is 0 Å². The summed E-state index contributed by atoms with van der Waals surface area (Å²) in [5, 5.41) is 6.85. The van der Waals surface area contributed by atoms with Gasteiger partial charge in [-0.05, 0) is 53.9 Å². The number of halogens is 2. The number of nitrogens with one attached hydrogen (secondary N) is 1. The normalized spacial score (nSPS) is 14.2. The van der Waals surface area contributed by atoms with Crippen LogP contribution in [-0.4, -0.2) is 0 Å². The summed E-state index contributed by atoms with van der Waals surface area (Å²) in [7, 11) is 0. The molecule has 0 bridgehead atoms. The molecule has 1 nitrogen and oxygen atoms in total. The lowest BCUT2D eigenvalue weighted by atomic mass is 10.0. The van der Waals surface area contributed by atoms with Crippen LogP contribution in [0.5, 0.6) is 0 Å². The van der Waals surface area contributed by atoms with Crippen LogP contribution in [0, 0.1) is 11.6 Å². The van der Waals surface area contributed by atoms with Crippen molar-refractivity contribution in [1.29, 1.82) is 0 Å². The van der Waals surface area contributed by atoms with Crippen LogP contribution in [0.25, 0.3) is 10.1 Å². The standard InChI is InChI=1S/C18H17F2NS/c1-11(13-7-8-16(19)17(20)9-13)21-12(2)15-10-22-18-6-4-3-5-14(15)18/h3-12,21H,1-2H3/t11?,12-/m1/s1. The maximum atomic E-state index is 13.4. The van der Waals surface area contributed by atoms with Gasteiger partial charge in [-0.1, -0.05) is 24.3 Å². The summed E-state index contributed by atoms with van der Waals surface area (Å²) in [6.45, 7) is 4.04. The van der Waals surface area contributed by atoms with Crippen molar-refractivity contribution in [2.75, 3.05) is 0 Å². The van der Waals surface area contributed by atoms with Gasteiger partial charge in [-0.2, -0.15) is 0 Å². The lowest BCUT2D eigenvalue weighted by molar-refractivity contribution is 0.482. The minimum Gasteiger partial charge on any atom is -0.304 e. The van der Waals surface area contributed by atoms with E-state index in [4.69, 9.17) is 0 Å². The van der Waals surface area contributed by atoms with Gasteiger partial charge < -0.3 is 5.32 Å². The highest BCUT2D eigenvalue weighted by molar-refractivity contribution is 7.17. The first-order valence-corrected chi connectivity index (χ1v) is 8.11. The summed E-state index contributed by atoms with van der Waals surface area (Å²) >= 11 is 1.72. The summed E-state index contributed by atoms with van der Waals surface area (Å²) in [6, 6.07) is 12.4. The zero-order chi connectivity index (χ0) is 15.7. The molecule has 22 heavy (non-hydrogen) atoms. The highest BCUT2D eigenvalue weighted by Gasteiger charge is 2.15. The van der Waals surface area contributed by atoms with Gasteiger partial charge in [0.1, 0.15) is 0 Å². The third-order valence-corrected chi connectivity index (χ3v) is 4.90. The molecular formula is C18H17F2NS. The zero-order valence-electron chi connectivity index (χ0n) is 12.4. The van der Waals surface area contributed by atoms with Gasteiger partial charge in [0, 0.05) is 16.8 Å². The van der Waals surface area contributed by atoms with E-state index in [0.717, 1.165) is 5.56 Å². The van der Waals surface area contributed by atoms with Crippen LogP contribution < -0.4 is 5.32 Å². The fourth-order valence-electron chi connectivity index (χ4n) is 2.68. The van der Waals surface area contributed by atoms with Crippen LogP contribution in [0.15, 0.2) is 47.8 Å². The zero-order valence-corrected chi connectivity index (χ0v) is 13.3. The van der Waals surface area contributed by atoms with E-state index in [-0.39, 0.29) is 12.1 Å². The number of fused-ring (bicyclic) bond motifs is 1. The van der Waals surface area contributed by atoms with Gasteiger partial charge in [0.05, 0.1) is 0 Å². The van der Waals surface area contributed by atoms with Gasteiger partial charge >= 0.3 is 0 Å². The van der Waals surface area contributed by atoms with Crippen molar-refractivity contribution in [3.8, 4) is 0 Å². The highest BCUT2D eigenvalue weighted by atomic mass is 32.1. The molecule has 114 valence electrons. The molecule has 0 saturated carbocycles. The fourth-order valence-corrected chi connectivity index (χ4v) is 3.73. The smallest absolute Gasteiger partial charge is 0.159 e. The minimum absolute atomic E-state index is 0.0660. The number of thiophene rings is 1. The van der Waals surface area contributed by atoms with Crippen molar-refractivity contribution in [2.45, 2.75) is 25.9 Å². The molecular weight excluding hydrogens is 300 g/mol. The Kier molecular flexibility index (Phi) is 4.23. The Bertz CT molecular complexity index is 797. The first-order valence-electron chi connectivity index (χ1n) is 7.23. The van der Waals surface area contributed by atoms with Crippen molar-refractivity contribution >= 4 is 21.4 Å². The van der Waals surface area contributed by atoms with Gasteiger partial charge in [-0.25, -0.2) is 8.78 Å². The second kappa shape index (κ2) is 6.15.